The Balaban J connectivity index is 2.15. The molecule has 0 N–H and O–H groups in total. The summed E-state index contributed by atoms with van der Waals surface area (Å²) in [5.74, 6) is 0. The van der Waals surface area contributed by atoms with Gasteiger partial charge in [-0.05, 0) is 5.56 Å². The number of ether oxygens (including phenoxy) is 1. The van der Waals surface area contributed by atoms with Crippen LogP contribution in [0.4, 0.5) is 5.69 Å². The maximum atomic E-state index is 10.4. The molecule has 0 aliphatic carbocycles. The number of nitro groups is 1. The van der Waals surface area contributed by atoms with Crippen LogP contribution >= 0.6 is 0 Å². The Bertz CT molecular complexity index is 333. The van der Waals surface area contributed by atoms with E-state index in [-0.39, 0.29) is 16.7 Å². The average molecular weight is 179 g/mol. The van der Waals surface area contributed by atoms with E-state index in [4.69, 9.17) is 4.74 Å². The van der Waals surface area contributed by atoms with Crippen molar-refractivity contribution in [2.45, 2.75) is 12.5 Å². The molecular weight excluding hydrogens is 170 g/mol. The fourth-order valence-corrected chi connectivity index (χ4v) is 1.25. The van der Waals surface area contributed by atoms with Crippen molar-refractivity contribution < 1.29 is 9.66 Å². The predicted octanol–water partition coefficient (Wildman–Crippen LogP) is 1.54. The minimum Gasteiger partial charge on any atom is -0.373 e. The van der Waals surface area contributed by atoms with Crippen molar-refractivity contribution in [1.29, 1.82) is 0 Å². The number of non-ortho nitro benzene ring substituents is 1. The van der Waals surface area contributed by atoms with Gasteiger partial charge in [0.2, 0.25) is 0 Å². The van der Waals surface area contributed by atoms with Crippen LogP contribution in [-0.4, -0.2) is 17.6 Å². The van der Waals surface area contributed by atoms with Gasteiger partial charge in [0.05, 0.1) is 17.6 Å². The molecule has 4 nitrogen and oxygen atoms in total. The predicted molar refractivity (Wildman–Crippen MR) is 46.5 cm³/mol. The smallest absolute Gasteiger partial charge is 0.269 e. The van der Waals surface area contributed by atoms with Crippen LogP contribution < -0.4 is 0 Å². The molecular formula is C9H9NO3. The largest absolute Gasteiger partial charge is 0.373 e. The normalized spacial score (nSPS) is 19.8. The second-order valence-electron chi connectivity index (χ2n) is 3.09. The van der Waals surface area contributed by atoms with E-state index in [1.165, 1.54) is 6.07 Å². The molecule has 1 aliphatic heterocycles. The van der Waals surface area contributed by atoms with Crippen molar-refractivity contribution in [3.8, 4) is 0 Å². The molecule has 1 aromatic carbocycles. The Morgan fingerprint density at radius 2 is 2.38 bits per heavy atom. The van der Waals surface area contributed by atoms with Crippen LogP contribution in [0.15, 0.2) is 24.3 Å². The molecule has 0 saturated carbocycles. The van der Waals surface area contributed by atoms with Crippen LogP contribution in [0.3, 0.4) is 0 Å². The molecule has 2 rings (SSSR count). The molecule has 0 aromatic heterocycles. The van der Waals surface area contributed by atoms with Crippen molar-refractivity contribution in [2.75, 3.05) is 6.61 Å². The number of nitro benzene ring substituents is 1. The van der Waals surface area contributed by atoms with Gasteiger partial charge < -0.3 is 4.74 Å². The van der Waals surface area contributed by atoms with Crippen LogP contribution in [0.1, 0.15) is 5.56 Å². The van der Waals surface area contributed by atoms with Gasteiger partial charge >= 0.3 is 0 Å². The van der Waals surface area contributed by atoms with Crippen LogP contribution in [0.25, 0.3) is 0 Å². The van der Waals surface area contributed by atoms with Gasteiger partial charge in [-0.3, -0.25) is 10.1 Å². The van der Waals surface area contributed by atoms with E-state index in [2.05, 4.69) is 0 Å². The van der Waals surface area contributed by atoms with E-state index in [1.807, 2.05) is 6.07 Å². The summed E-state index contributed by atoms with van der Waals surface area (Å²) >= 11 is 0. The molecule has 13 heavy (non-hydrogen) atoms. The molecule has 4 heteroatoms. The maximum Gasteiger partial charge on any atom is 0.269 e. The molecule has 1 atom stereocenters. The van der Waals surface area contributed by atoms with Gasteiger partial charge in [0.1, 0.15) is 0 Å². The van der Waals surface area contributed by atoms with Gasteiger partial charge in [-0.15, -0.1) is 0 Å². The molecule has 0 spiro atoms. The quantitative estimate of drug-likeness (QED) is 0.401. The van der Waals surface area contributed by atoms with Gasteiger partial charge in [0.25, 0.3) is 5.69 Å². The summed E-state index contributed by atoms with van der Waals surface area (Å²) < 4.78 is 5.04. The van der Waals surface area contributed by atoms with Crippen molar-refractivity contribution in [3.63, 3.8) is 0 Å². The van der Waals surface area contributed by atoms with Gasteiger partial charge in [0.15, 0.2) is 0 Å². The minimum absolute atomic E-state index is 0.151. The molecule has 1 saturated heterocycles. The third-order valence-electron chi connectivity index (χ3n) is 1.99. The first-order valence-corrected chi connectivity index (χ1v) is 4.10. The summed E-state index contributed by atoms with van der Waals surface area (Å²) in [5, 5.41) is 10.4. The molecule has 1 aromatic rings. The first kappa shape index (κ1) is 8.19. The fraction of sp³-hybridized carbons (Fsp3) is 0.333. The number of epoxide rings is 1. The Kier molecular flexibility index (Phi) is 1.98. The van der Waals surface area contributed by atoms with E-state index in [1.54, 1.807) is 12.1 Å². The highest BCUT2D eigenvalue weighted by molar-refractivity contribution is 5.34. The average Bonchev–Trinajstić information content (AvgIpc) is 2.89. The Morgan fingerprint density at radius 3 is 3.00 bits per heavy atom. The number of rotatable bonds is 3. The third-order valence-corrected chi connectivity index (χ3v) is 1.99. The Morgan fingerprint density at radius 1 is 1.62 bits per heavy atom. The number of benzene rings is 1. The van der Waals surface area contributed by atoms with Gasteiger partial charge in [-0.25, -0.2) is 0 Å². The van der Waals surface area contributed by atoms with Crippen LogP contribution in [0, 0.1) is 10.1 Å². The lowest BCUT2D eigenvalue weighted by Crippen LogP contribution is -1.94. The van der Waals surface area contributed by atoms with Crippen molar-refractivity contribution >= 4 is 5.69 Å². The molecule has 1 fully saturated rings. The highest BCUT2D eigenvalue weighted by Crippen LogP contribution is 2.19. The van der Waals surface area contributed by atoms with Crippen molar-refractivity contribution in [3.05, 3.63) is 39.9 Å². The van der Waals surface area contributed by atoms with Gasteiger partial charge in [-0.1, -0.05) is 12.1 Å². The summed E-state index contributed by atoms with van der Waals surface area (Å²) in [6.07, 6.45) is 1.06. The van der Waals surface area contributed by atoms with Crippen LogP contribution in [0.2, 0.25) is 0 Å². The molecule has 1 heterocycles. The molecule has 68 valence electrons. The Hall–Kier alpha value is -1.42. The molecule has 0 bridgehead atoms. The summed E-state index contributed by atoms with van der Waals surface area (Å²) in [4.78, 5) is 10.1. The maximum absolute atomic E-state index is 10.4. The standard InChI is InChI=1S/C9H9NO3/c11-10(12)8-3-1-2-7(4-8)5-9-6-13-9/h1-4,9H,5-6H2. The lowest BCUT2D eigenvalue weighted by Gasteiger charge is -1.96. The van der Waals surface area contributed by atoms with E-state index in [0.29, 0.717) is 0 Å². The fourth-order valence-electron chi connectivity index (χ4n) is 1.25. The monoisotopic (exact) mass is 179 g/mol. The summed E-state index contributed by atoms with van der Waals surface area (Å²) in [6, 6.07) is 6.68. The molecule has 1 unspecified atom stereocenters. The van der Waals surface area contributed by atoms with E-state index in [0.717, 1.165) is 18.6 Å². The van der Waals surface area contributed by atoms with Crippen LogP contribution in [-0.2, 0) is 11.2 Å². The zero-order valence-electron chi connectivity index (χ0n) is 6.97. The topological polar surface area (TPSA) is 55.7 Å². The highest BCUT2D eigenvalue weighted by Gasteiger charge is 2.23. The molecule has 0 amide bonds. The Labute approximate surface area is 75.3 Å². The number of nitrogens with zero attached hydrogens (tertiary/aromatic N) is 1. The zero-order valence-corrected chi connectivity index (χ0v) is 6.97. The second kappa shape index (κ2) is 3.14. The third kappa shape index (κ3) is 2.03. The molecule has 0 radical (unpaired) electrons. The highest BCUT2D eigenvalue weighted by atomic mass is 16.6. The van der Waals surface area contributed by atoms with E-state index < -0.39 is 0 Å². The van der Waals surface area contributed by atoms with Crippen molar-refractivity contribution in [2.24, 2.45) is 0 Å². The van der Waals surface area contributed by atoms with Gasteiger partial charge in [0, 0.05) is 18.6 Å². The summed E-state index contributed by atoms with van der Waals surface area (Å²) in [6.45, 7) is 0.780. The SMILES string of the molecule is O=[N+]([O-])c1cccc(CC2CO2)c1. The van der Waals surface area contributed by atoms with Gasteiger partial charge in [-0.2, -0.15) is 0 Å². The summed E-state index contributed by atoms with van der Waals surface area (Å²) in [7, 11) is 0. The number of hydrogen-bond donors (Lipinski definition) is 0. The number of hydrogen-bond acceptors (Lipinski definition) is 3. The molecule has 1 aliphatic rings. The second-order valence-corrected chi connectivity index (χ2v) is 3.09. The lowest BCUT2D eigenvalue weighted by molar-refractivity contribution is -0.384. The van der Waals surface area contributed by atoms with E-state index in [9.17, 15) is 10.1 Å². The van der Waals surface area contributed by atoms with Crippen molar-refractivity contribution in [1.82, 2.24) is 0 Å². The lowest BCUT2D eigenvalue weighted by atomic mass is 10.1. The van der Waals surface area contributed by atoms with E-state index >= 15 is 0 Å². The first-order valence-electron chi connectivity index (χ1n) is 4.10. The zero-order chi connectivity index (χ0) is 9.26. The summed E-state index contributed by atoms with van der Waals surface area (Å²) in [5.41, 5.74) is 1.12. The van der Waals surface area contributed by atoms with Crippen LogP contribution in [0.5, 0.6) is 0 Å². The minimum atomic E-state index is -0.378. The first-order chi connectivity index (χ1) is 6.25.